The van der Waals surface area contributed by atoms with Crippen molar-refractivity contribution in [1.82, 2.24) is 0 Å². The van der Waals surface area contributed by atoms with Gasteiger partial charge in [-0.05, 0) is 28.9 Å². The number of carbonyl (C=O) groups excluding carboxylic acids is 1. The molecule has 0 radical (unpaired) electrons. The van der Waals surface area contributed by atoms with Crippen LogP contribution in [-0.4, -0.2) is 16.0 Å². The van der Waals surface area contributed by atoms with E-state index in [0.717, 1.165) is 0 Å². The highest BCUT2D eigenvalue weighted by molar-refractivity contribution is 9.10. The minimum absolute atomic E-state index is 0.0678. The standard InChI is InChI=1S/C9H8BrFO3/c1-4(12)2-5-3-6(10)9(14)7(11)8(5)13/h3,13-14H,2H2,1H3. The van der Waals surface area contributed by atoms with E-state index in [2.05, 4.69) is 15.9 Å². The van der Waals surface area contributed by atoms with E-state index in [1.165, 1.54) is 13.0 Å². The van der Waals surface area contributed by atoms with Crippen LogP contribution in [0.2, 0.25) is 0 Å². The number of halogens is 2. The average Bonchev–Trinajstić information content (AvgIpc) is 2.10. The van der Waals surface area contributed by atoms with Gasteiger partial charge in [0, 0.05) is 12.0 Å². The molecule has 0 aliphatic heterocycles. The summed E-state index contributed by atoms with van der Waals surface area (Å²) < 4.78 is 13.2. The molecule has 0 aliphatic rings. The van der Waals surface area contributed by atoms with Crippen LogP contribution in [-0.2, 0) is 11.2 Å². The predicted molar refractivity (Wildman–Crippen MR) is 51.8 cm³/mol. The van der Waals surface area contributed by atoms with Gasteiger partial charge in [0.25, 0.3) is 0 Å². The fraction of sp³-hybridized carbons (Fsp3) is 0.222. The highest BCUT2D eigenvalue weighted by atomic mass is 79.9. The third-order valence-electron chi connectivity index (χ3n) is 1.69. The number of phenols is 2. The quantitative estimate of drug-likeness (QED) is 0.859. The van der Waals surface area contributed by atoms with Crippen LogP contribution >= 0.6 is 15.9 Å². The number of benzene rings is 1. The van der Waals surface area contributed by atoms with Gasteiger partial charge in [0.05, 0.1) is 4.47 Å². The lowest BCUT2D eigenvalue weighted by molar-refractivity contribution is -0.116. The van der Waals surface area contributed by atoms with Crippen molar-refractivity contribution in [3.05, 3.63) is 21.9 Å². The summed E-state index contributed by atoms with van der Waals surface area (Å²) in [6.45, 7) is 1.33. The van der Waals surface area contributed by atoms with Gasteiger partial charge in [0.15, 0.2) is 11.5 Å². The van der Waals surface area contributed by atoms with Gasteiger partial charge in [0.1, 0.15) is 5.78 Å². The lowest BCUT2D eigenvalue weighted by atomic mass is 10.1. The van der Waals surface area contributed by atoms with E-state index >= 15 is 0 Å². The average molecular weight is 263 g/mol. The normalized spacial score (nSPS) is 10.2. The van der Waals surface area contributed by atoms with Crippen LogP contribution in [0, 0.1) is 5.82 Å². The van der Waals surface area contributed by atoms with Crippen LogP contribution in [0.5, 0.6) is 11.5 Å². The molecule has 14 heavy (non-hydrogen) atoms. The van der Waals surface area contributed by atoms with Crippen molar-refractivity contribution in [2.24, 2.45) is 0 Å². The molecule has 5 heteroatoms. The molecule has 2 N–H and O–H groups in total. The van der Waals surface area contributed by atoms with Crippen molar-refractivity contribution < 1.29 is 19.4 Å². The third-order valence-corrected chi connectivity index (χ3v) is 2.29. The molecule has 1 aromatic carbocycles. The van der Waals surface area contributed by atoms with Gasteiger partial charge in [-0.15, -0.1) is 0 Å². The first kappa shape index (κ1) is 11.0. The van der Waals surface area contributed by atoms with Crippen molar-refractivity contribution in [1.29, 1.82) is 0 Å². The molecule has 0 aromatic heterocycles. The Morgan fingerprint density at radius 2 is 2.07 bits per heavy atom. The summed E-state index contributed by atoms with van der Waals surface area (Å²) in [7, 11) is 0. The fourth-order valence-corrected chi connectivity index (χ4v) is 1.50. The Kier molecular flexibility index (Phi) is 3.10. The molecular formula is C9H8BrFO3. The van der Waals surface area contributed by atoms with E-state index in [0.29, 0.717) is 0 Å². The molecule has 0 bridgehead atoms. The van der Waals surface area contributed by atoms with Crippen molar-refractivity contribution in [3.8, 4) is 11.5 Å². The number of phenolic OH excluding ortho intramolecular Hbond substituents is 2. The zero-order chi connectivity index (χ0) is 10.9. The number of Topliss-reactive ketones (excluding diaryl/α,β-unsaturated/α-hetero) is 1. The molecule has 3 nitrogen and oxygen atoms in total. The lowest BCUT2D eigenvalue weighted by Crippen LogP contribution is -1.98. The molecule has 1 rings (SSSR count). The summed E-state index contributed by atoms with van der Waals surface area (Å²) in [4.78, 5) is 10.8. The molecule has 0 saturated carbocycles. The van der Waals surface area contributed by atoms with Crippen molar-refractivity contribution in [2.75, 3.05) is 0 Å². The SMILES string of the molecule is CC(=O)Cc1cc(Br)c(O)c(F)c1O. The first-order valence-electron chi connectivity index (χ1n) is 3.81. The Balaban J connectivity index is 3.25. The van der Waals surface area contributed by atoms with Crippen LogP contribution in [0.1, 0.15) is 12.5 Å². The maximum atomic E-state index is 13.1. The molecule has 0 aliphatic carbocycles. The Labute approximate surface area is 88.3 Å². The van der Waals surface area contributed by atoms with Crippen LogP contribution in [0.3, 0.4) is 0 Å². The Morgan fingerprint density at radius 1 is 1.50 bits per heavy atom. The van der Waals surface area contributed by atoms with E-state index in [4.69, 9.17) is 5.11 Å². The number of ketones is 1. The third kappa shape index (κ3) is 2.04. The smallest absolute Gasteiger partial charge is 0.207 e. The van der Waals surface area contributed by atoms with E-state index in [9.17, 15) is 14.3 Å². The summed E-state index contributed by atoms with van der Waals surface area (Å²) in [5.74, 6) is -2.65. The van der Waals surface area contributed by atoms with Gasteiger partial charge in [-0.25, -0.2) is 0 Å². The maximum Gasteiger partial charge on any atom is 0.207 e. The Bertz CT molecular complexity index is 390. The van der Waals surface area contributed by atoms with E-state index in [1.54, 1.807) is 0 Å². The number of hydrogen-bond donors (Lipinski definition) is 2. The minimum atomic E-state index is -1.12. The molecule has 76 valence electrons. The predicted octanol–water partition coefficient (Wildman–Crippen LogP) is 2.13. The van der Waals surface area contributed by atoms with Crippen LogP contribution < -0.4 is 0 Å². The largest absolute Gasteiger partial charge is 0.505 e. The van der Waals surface area contributed by atoms with Gasteiger partial charge in [-0.3, -0.25) is 4.79 Å². The van der Waals surface area contributed by atoms with Gasteiger partial charge < -0.3 is 10.2 Å². The number of carbonyl (C=O) groups is 1. The summed E-state index contributed by atoms with van der Waals surface area (Å²) in [6.07, 6.45) is -0.0678. The summed E-state index contributed by atoms with van der Waals surface area (Å²) in [5, 5.41) is 18.3. The zero-order valence-corrected chi connectivity index (χ0v) is 8.93. The molecule has 0 atom stereocenters. The molecule has 1 aromatic rings. The van der Waals surface area contributed by atoms with E-state index < -0.39 is 17.3 Å². The molecule has 0 amide bonds. The van der Waals surface area contributed by atoms with Gasteiger partial charge in [-0.1, -0.05) is 0 Å². The topological polar surface area (TPSA) is 57.5 Å². The molecular weight excluding hydrogens is 255 g/mol. The second-order valence-corrected chi connectivity index (χ2v) is 3.76. The second-order valence-electron chi connectivity index (χ2n) is 2.91. The second kappa shape index (κ2) is 3.96. The first-order chi connectivity index (χ1) is 6.43. The van der Waals surface area contributed by atoms with Crippen LogP contribution in [0.4, 0.5) is 4.39 Å². The van der Waals surface area contributed by atoms with Crippen molar-refractivity contribution >= 4 is 21.7 Å². The lowest BCUT2D eigenvalue weighted by Gasteiger charge is -2.06. The molecule has 0 unspecified atom stereocenters. The van der Waals surface area contributed by atoms with Gasteiger partial charge in [-0.2, -0.15) is 4.39 Å². The highest BCUT2D eigenvalue weighted by Gasteiger charge is 2.16. The molecule has 0 fully saturated rings. The van der Waals surface area contributed by atoms with Crippen molar-refractivity contribution in [2.45, 2.75) is 13.3 Å². The monoisotopic (exact) mass is 262 g/mol. The summed E-state index contributed by atoms with van der Waals surface area (Å²) >= 11 is 2.91. The molecule has 0 spiro atoms. The fourth-order valence-electron chi connectivity index (χ4n) is 1.05. The van der Waals surface area contributed by atoms with E-state index in [-0.39, 0.29) is 22.2 Å². The minimum Gasteiger partial charge on any atom is -0.505 e. The van der Waals surface area contributed by atoms with E-state index in [1.807, 2.05) is 0 Å². The molecule has 0 saturated heterocycles. The van der Waals surface area contributed by atoms with Gasteiger partial charge in [0.2, 0.25) is 5.82 Å². The van der Waals surface area contributed by atoms with Crippen LogP contribution in [0.25, 0.3) is 0 Å². The Hall–Kier alpha value is -1.10. The highest BCUT2D eigenvalue weighted by Crippen LogP contribution is 2.35. The van der Waals surface area contributed by atoms with Crippen LogP contribution in [0.15, 0.2) is 10.5 Å². The maximum absolute atomic E-state index is 13.1. The summed E-state index contributed by atoms with van der Waals surface area (Å²) in [6, 6.07) is 1.31. The number of hydrogen-bond acceptors (Lipinski definition) is 3. The van der Waals surface area contributed by atoms with Gasteiger partial charge >= 0.3 is 0 Å². The van der Waals surface area contributed by atoms with Crippen molar-refractivity contribution in [3.63, 3.8) is 0 Å². The molecule has 0 heterocycles. The first-order valence-corrected chi connectivity index (χ1v) is 4.61. The summed E-state index contributed by atoms with van der Waals surface area (Å²) in [5.41, 5.74) is 0.152. The number of aromatic hydroxyl groups is 2. The Morgan fingerprint density at radius 3 is 2.57 bits per heavy atom. The number of rotatable bonds is 2. The zero-order valence-electron chi connectivity index (χ0n) is 7.34.